The number of halogens is 3. The average molecular weight is 534 g/mol. The fourth-order valence-electron chi connectivity index (χ4n) is 3.49. The minimum atomic E-state index is -1.44. The first kappa shape index (κ1) is 27.0. The predicted molar refractivity (Wildman–Crippen MR) is 133 cm³/mol. The van der Waals surface area contributed by atoms with Crippen molar-refractivity contribution in [3.05, 3.63) is 86.1 Å². The van der Waals surface area contributed by atoms with Crippen molar-refractivity contribution in [2.24, 2.45) is 5.11 Å². The van der Waals surface area contributed by atoms with Crippen molar-refractivity contribution in [1.82, 2.24) is 10.3 Å². The molecular formula is C24H22Cl2FN5O4. The highest BCUT2D eigenvalue weighted by molar-refractivity contribution is 6.32. The van der Waals surface area contributed by atoms with Crippen LogP contribution in [0.1, 0.15) is 48.1 Å². The molecular weight excluding hydrogens is 512 g/mol. The monoisotopic (exact) mass is 533 g/mol. The standard InChI is InChI=1S/C24H22Cl2FN5O4/c1-12(2)21-11-36-23(30-21)22(33)29-16(10-20(24(34)35)31-32-28)7-14-4-3-13(8-18(14)26)17-9-15(25)5-6-19(17)27/h3-6,8-9,11-12,16,20H,7,10H2,1-2H3,(H,29,33)(H,34,35)/t16-,20-/m1/s1. The summed E-state index contributed by atoms with van der Waals surface area (Å²) in [5.41, 5.74) is 10.6. The Morgan fingerprint density at radius 3 is 2.61 bits per heavy atom. The summed E-state index contributed by atoms with van der Waals surface area (Å²) in [6.07, 6.45) is 1.24. The van der Waals surface area contributed by atoms with Crippen LogP contribution in [0.4, 0.5) is 4.39 Å². The molecule has 1 amide bonds. The van der Waals surface area contributed by atoms with E-state index >= 15 is 0 Å². The molecule has 12 heteroatoms. The van der Waals surface area contributed by atoms with E-state index in [1.807, 2.05) is 13.8 Å². The Bertz CT molecular complexity index is 1320. The van der Waals surface area contributed by atoms with Crippen molar-refractivity contribution in [3.63, 3.8) is 0 Å². The van der Waals surface area contributed by atoms with Crippen LogP contribution in [0, 0.1) is 5.82 Å². The lowest BCUT2D eigenvalue weighted by molar-refractivity contribution is -0.138. The molecule has 2 N–H and O–H groups in total. The molecule has 0 fully saturated rings. The first-order valence-corrected chi connectivity index (χ1v) is 11.6. The second-order valence-electron chi connectivity index (χ2n) is 8.33. The summed E-state index contributed by atoms with van der Waals surface area (Å²) in [6.45, 7) is 3.78. The minimum Gasteiger partial charge on any atom is -0.481 e. The topological polar surface area (TPSA) is 141 Å². The lowest BCUT2D eigenvalue weighted by atomic mass is 9.97. The van der Waals surface area contributed by atoms with E-state index in [-0.39, 0.29) is 35.2 Å². The summed E-state index contributed by atoms with van der Waals surface area (Å²) in [4.78, 5) is 31.1. The number of benzene rings is 2. The highest BCUT2D eigenvalue weighted by Gasteiger charge is 2.26. The van der Waals surface area contributed by atoms with E-state index in [0.717, 1.165) is 0 Å². The molecule has 9 nitrogen and oxygen atoms in total. The Hall–Kier alpha value is -3.59. The van der Waals surface area contributed by atoms with Gasteiger partial charge in [0.25, 0.3) is 5.89 Å². The van der Waals surface area contributed by atoms with Crippen LogP contribution in [-0.4, -0.2) is 34.1 Å². The van der Waals surface area contributed by atoms with E-state index in [1.165, 1.54) is 24.5 Å². The number of rotatable bonds is 10. The molecule has 0 unspecified atom stereocenters. The highest BCUT2D eigenvalue weighted by Crippen LogP contribution is 2.30. The van der Waals surface area contributed by atoms with Crippen LogP contribution in [0.5, 0.6) is 0 Å². The van der Waals surface area contributed by atoms with Crippen molar-refractivity contribution in [1.29, 1.82) is 0 Å². The van der Waals surface area contributed by atoms with Gasteiger partial charge in [0.1, 0.15) is 18.1 Å². The predicted octanol–water partition coefficient (Wildman–Crippen LogP) is 6.41. The Labute approximate surface area is 215 Å². The number of amides is 1. The third-order valence-electron chi connectivity index (χ3n) is 5.39. The minimum absolute atomic E-state index is 0.0362. The maximum absolute atomic E-state index is 14.3. The number of carbonyl (C=O) groups is 2. The molecule has 2 aromatic carbocycles. The lowest BCUT2D eigenvalue weighted by Gasteiger charge is -2.21. The van der Waals surface area contributed by atoms with Crippen LogP contribution in [0.2, 0.25) is 10.0 Å². The second-order valence-corrected chi connectivity index (χ2v) is 9.18. The van der Waals surface area contributed by atoms with Crippen molar-refractivity contribution >= 4 is 35.1 Å². The van der Waals surface area contributed by atoms with Gasteiger partial charge < -0.3 is 14.8 Å². The first-order chi connectivity index (χ1) is 17.1. The summed E-state index contributed by atoms with van der Waals surface area (Å²) < 4.78 is 19.5. The number of aromatic nitrogens is 1. The number of carboxylic acids is 1. The average Bonchev–Trinajstić information content (AvgIpc) is 3.32. The van der Waals surface area contributed by atoms with Gasteiger partial charge in [0.05, 0.1) is 5.69 Å². The number of nitrogens with one attached hydrogen (secondary N) is 1. The van der Waals surface area contributed by atoms with E-state index in [1.54, 1.807) is 18.2 Å². The molecule has 0 spiro atoms. The summed E-state index contributed by atoms with van der Waals surface area (Å²) in [5.74, 6) is -2.63. The Balaban J connectivity index is 1.88. The quantitative estimate of drug-likeness (QED) is 0.176. The number of hydrogen-bond donors (Lipinski definition) is 2. The van der Waals surface area contributed by atoms with Gasteiger partial charge in [-0.1, -0.05) is 54.3 Å². The number of azide groups is 1. The zero-order valence-corrected chi connectivity index (χ0v) is 20.8. The zero-order valence-electron chi connectivity index (χ0n) is 19.3. The Morgan fingerprint density at radius 1 is 1.25 bits per heavy atom. The zero-order chi connectivity index (χ0) is 26.4. The number of nitrogens with zero attached hydrogens (tertiary/aromatic N) is 4. The molecule has 3 aromatic rings. The molecule has 1 heterocycles. The van der Waals surface area contributed by atoms with Gasteiger partial charge in [-0.2, -0.15) is 0 Å². The van der Waals surface area contributed by atoms with Crippen LogP contribution in [-0.2, 0) is 11.2 Å². The van der Waals surface area contributed by atoms with Crippen LogP contribution in [0.3, 0.4) is 0 Å². The Morgan fingerprint density at radius 2 is 2.00 bits per heavy atom. The summed E-state index contributed by atoms with van der Waals surface area (Å²) in [5, 5.41) is 16.0. The number of carbonyl (C=O) groups excluding carboxylic acids is 1. The number of carboxylic acid groups (broad SMARTS) is 1. The smallest absolute Gasteiger partial charge is 0.312 e. The fourth-order valence-corrected chi connectivity index (χ4v) is 3.92. The molecule has 0 aliphatic heterocycles. The number of aliphatic carboxylic acids is 1. The van der Waals surface area contributed by atoms with Crippen molar-refractivity contribution < 1.29 is 23.5 Å². The molecule has 36 heavy (non-hydrogen) atoms. The van der Waals surface area contributed by atoms with Crippen molar-refractivity contribution in [3.8, 4) is 11.1 Å². The molecule has 0 bridgehead atoms. The molecule has 188 valence electrons. The SMILES string of the molecule is CC(C)c1coc(C(=O)N[C@H](Cc2ccc(-c3cc(Cl)ccc3F)cc2Cl)C[C@@H](N=[N+]=[N-])C(=O)O)n1. The van der Waals surface area contributed by atoms with E-state index in [0.29, 0.717) is 21.8 Å². The summed E-state index contributed by atoms with van der Waals surface area (Å²) in [6, 6.07) is 6.74. The maximum Gasteiger partial charge on any atom is 0.312 e. The number of hydrogen-bond acceptors (Lipinski definition) is 5. The van der Waals surface area contributed by atoms with Gasteiger partial charge in [0.15, 0.2) is 0 Å². The van der Waals surface area contributed by atoms with Gasteiger partial charge in [-0.05, 0) is 59.7 Å². The van der Waals surface area contributed by atoms with Crippen LogP contribution >= 0.6 is 23.2 Å². The van der Waals surface area contributed by atoms with Crippen molar-refractivity contribution in [2.75, 3.05) is 0 Å². The van der Waals surface area contributed by atoms with Crippen LogP contribution < -0.4 is 5.32 Å². The van der Waals surface area contributed by atoms with Crippen LogP contribution in [0.15, 0.2) is 52.2 Å². The van der Waals surface area contributed by atoms with Crippen LogP contribution in [0.25, 0.3) is 21.6 Å². The van der Waals surface area contributed by atoms with Crippen molar-refractivity contribution in [2.45, 2.75) is 44.7 Å². The highest BCUT2D eigenvalue weighted by atomic mass is 35.5. The normalized spacial score (nSPS) is 12.6. The fraction of sp³-hybridized carbons (Fsp3) is 0.292. The lowest BCUT2D eigenvalue weighted by Crippen LogP contribution is -2.40. The molecule has 0 saturated heterocycles. The number of oxazole rings is 1. The van der Waals surface area contributed by atoms with E-state index in [2.05, 4.69) is 20.3 Å². The van der Waals surface area contributed by atoms with Gasteiger partial charge in [-0.15, -0.1) is 0 Å². The summed E-state index contributed by atoms with van der Waals surface area (Å²) >= 11 is 12.5. The van der Waals surface area contributed by atoms with E-state index in [9.17, 15) is 19.1 Å². The third-order valence-corrected chi connectivity index (χ3v) is 5.97. The molecule has 0 aliphatic rings. The maximum atomic E-state index is 14.3. The summed E-state index contributed by atoms with van der Waals surface area (Å²) in [7, 11) is 0. The van der Waals surface area contributed by atoms with Gasteiger partial charge in [0, 0.05) is 26.6 Å². The van der Waals surface area contributed by atoms with Gasteiger partial charge in [-0.3, -0.25) is 9.59 Å². The molecule has 2 atom stereocenters. The second kappa shape index (κ2) is 11.9. The molecule has 0 radical (unpaired) electrons. The van der Waals surface area contributed by atoms with Gasteiger partial charge >= 0.3 is 11.9 Å². The van der Waals surface area contributed by atoms with E-state index in [4.69, 9.17) is 33.2 Å². The largest absolute Gasteiger partial charge is 0.481 e. The Kier molecular flexibility index (Phi) is 8.93. The van der Waals surface area contributed by atoms with Gasteiger partial charge in [0.2, 0.25) is 0 Å². The molecule has 1 aromatic heterocycles. The van der Waals surface area contributed by atoms with E-state index < -0.39 is 29.8 Å². The molecule has 3 rings (SSSR count). The first-order valence-electron chi connectivity index (χ1n) is 10.9. The molecule has 0 aliphatic carbocycles. The van der Waals surface area contributed by atoms with Gasteiger partial charge in [-0.25, -0.2) is 9.37 Å². The third kappa shape index (κ3) is 6.75. The molecule has 0 saturated carbocycles.